The molecule has 148 valence electrons. The number of nitrogens with one attached hydrogen (secondary N) is 1. The Bertz CT molecular complexity index is 1220. The van der Waals surface area contributed by atoms with Crippen LogP contribution in [0.1, 0.15) is 5.69 Å². The molecule has 1 aromatic carbocycles. The van der Waals surface area contributed by atoms with Crippen LogP contribution in [-0.2, 0) is 9.59 Å². The number of anilines is 1. The van der Waals surface area contributed by atoms with Crippen molar-refractivity contribution in [3.05, 3.63) is 88.5 Å². The number of hydrogen-bond acceptors (Lipinski definition) is 6. The van der Waals surface area contributed by atoms with Crippen molar-refractivity contribution in [3.8, 4) is 5.69 Å². The number of imide groups is 2. The number of rotatable bonds is 4. The molecule has 1 N–H and O–H groups in total. The minimum atomic E-state index is -0.859. The fraction of sp³-hybridized carbons (Fsp3) is 0. The minimum Gasteiger partial charge on any atom is -0.317 e. The van der Waals surface area contributed by atoms with Gasteiger partial charge in [0.25, 0.3) is 17.5 Å². The van der Waals surface area contributed by atoms with E-state index < -0.39 is 22.8 Å². The molecule has 30 heavy (non-hydrogen) atoms. The second-order valence-electron chi connectivity index (χ2n) is 6.24. The third-order valence-electron chi connectivity index (χ3n) is 4.41. The Hall–Kier alpha value is -4.60. The Kier molecular flexibility index (Phi) is 4.64. The highest BCUT2D eigenvalue weighted by molar-refractivity contribution is 6.39. The maximum Gasteiger partial charge on any atom is 0.335 e. The predicted molar refractivity (Wildman–Crippen MR) is 106 cm³/mol. The number of benzene rings is 1. The third kappa shape index (κ3) is 3.33. The average molecular weight is 403 g/mol. The van der Waals surface area contributed by atoms with E-state index in [1.54, 1.807) is 29.0 Å². The predicted octanol–water partition coefficient (Wildman–Crippen LogP) is 2.45. The number of urea groups is 1. The zero-order chi connectivity index (χ0) is 21.3. The van der Waals surface area contributed by atoms with Gasteiger partial charge in [0.15, 0.2) is 0 Å². The van der Waals surface area contributed by atoms with Gasteiger partial charge in [0.05, 0.1) is 16.3 Å². The number of non-ortho nitro benzene ring substituents is 1. The number of nitro benzene ring substituents is 1. The molecular weight excluding hydrogens is 390 g/mol. The smallest absolute Gasteiger partial charge is 0.317 e. The quantitative estimate of drug-likeness (QED) is 0.308. The average Bonchev–Trinajstić information content (AvgIpc) is 3.20. The highest BCUT2D eigenvalue weighted by atomic mass is 16.6. The van der Waals surface area contributed by atoms with Crippen molar-refractivity contribution in [2.24, 2.45) is 0 Å². The number of carbonyl (C=O) groups excluding carboxylic acids is 3. The number of carbonyl (C=O) groups is 3. The van der Waals surface area contributed by atoms with E-state index in [0.717, 1.165) is 4.90 Å². The van der Waals surface area contributed by atoms with Gasteiger partial charge >= 0.3 is 6.03 Å². The van der Waals surface area contributed by atoms with E-state index in [1.807, 2.05) is 0 Å². The van der Waals surface area contributed by atoms with Gasteiger partial charge < -0.3 is 4.57 Å². The summed E-state index contributed by atoms with van der Waals surface area (Å²) in [6.07, 6.45) is 5.81. The zero-order valence-corrected chi connectivity index (χ0v) is 15.3. The number of pyridine rings is 1. The Balaban J connectivity index is 1.75. The van der Waals surface area contributed by atoms with Gasteiger partial charge in [-0.3, -0.25) is 30.0 Å². The van der Waals surface area contributed by atoms with Crippen LogP contribution < -0.4 is 10.2 Å². The fourth-order valence-electron chi connectivity index (χ4n) is 3.04. The molecule has 3 aromatic rings. The largest absolute Gasteiger partial charge is 0.335 e. The lowest BCUT2D eigenvalue weighted by molar-refractivity contribution is -0.384. The lowest BCUT2D eigenvalue weighted by atomic mass is 10.1. The van der Waals surface area contributed by atoms with E-state index in [9.17, 15) is 24.5 Å². The summed E-state index contributed by atoms with van der Waals surface area (Å²) in [6.45, 7) is 0. The van der Waals surface area contributed by atoms with Crippen molar-refractivity contribution in [2.45, 2.75) is 0 Å². The first kappa shape index (κ1) is 18.7. The van der Waals surface area contributed by atoms with Gasteiger partial charge in [0, 0.05) is 36.4 Å². The molecular formula is C20H13N5O5. The van der Waals surface area contributed by atoms with Crippen molar-refractivity contribution >= 4 is 35.3 Å². The van der Waals surface area contributed by atoms with Crippen LogP contribution >= 0.6 is 0 Å². The first-order valence-corrected chi connectivity index (χ1v) is 8.69. The monoisotopic (exact) mass is 403 g/mol. The molecule has 0 unspecified atom stereocenters. The second kappa shape index (κ2) is 7.43. The molecule has 4 rings (SSSR count). The summed E-state index contributed by atoms with van der Waals surface area (Å²) < 4.78 is 1.59. The number of nitrogens with zero attached hydrogens (tertiary/aromatic N) is 4. The van der Waals surface area contributed by atoms with Crippen LogP contribution in [0.2, 0.25) is 0 Å². The van der Waals surface area contributed by atoms with Crippen LogP contribution in [0.5, 0.6) is 0 Å². The van der Waals surface area contributed by atoms with Crippen molar-refractivity contribution in [1.82, 2.24) is 14.9 Å². The molecule has 1 fully saturated rings. The van der Waals surface area contributed by atoms with Crippen LogP contribution in [0, 0.1) is 10.1 Å². The zero-order valence-electron chi connectivity index (χ0n) is 15.3. The Morgan fingerprint density at radius 3 is 2.50 bits per heavy atom. The molecule has 10 nitrogen and oxygen atoms in total. The Morgan fingerprint density at radius 1 is 1.00 bits per heavy atom. The summed E-state index contributed by atoms with van der Waals surface area (Å²) in [4.78, 5) is 52.7. The van der Waals surface area contributed by atoms with Crippen LogP contribution in [0.25, 0.3) is 11.8 Å². The molecule has 1 saturated heterocycles. The highest BCUT2D eigenvalue weighted by Gasteiger charge is 2.37. The van der Waals surface area contributed by atoms with E-state index in [0.29, 0.717) is 11.4 Å². The van der Waals surface area contributed by atoms with Crippen molar-refractivity contribution < 1.29 is 19.3 Å². The van der Waals surface area contributed by atoms with E-state index in [4.69, 9.17) is 0 Å². The van der Waals surface area contributed by atoms with Gasteiger partial charge in [0.2, 0.25) is 0 Å². The molecule has 0 saturated carbocycles. The highest BCUT2D eigenvalue weighted by Crippen LogP contribution is 2.23. The van der Waals surface area contributed by atoms with E-state index in [-0.39, 0.29) is 16.9 Å². The summed E-state index contributed by atoms with van der Waals surface area (Å²) in [5.41, 5.74) is 0.822. The Morgan fingerprint density at radius 2 is 1.77 bits per heavy atom. The normalized spacial score (nSPS) is 15.4. The van der Waals surface area contributed by atoms with Gasteiger partial charge in [-0.05, 0) is 36.4 Å². The molecule has 0 aliphatic carbocycles. The number of barbiturate groups is 1. The van der Waals surface area contributed by atoms with Crippen LogP contribution in [0.3, 0.4) is 0 Å². The summed E-state index contributed by atoms with van der Waals surface area (Å²) in [5, 5.41) is 13.2. The summed E-state index contributed by atoms with van der Waals surface area (Å²) in [6, 6.07) is 11.3. The second-order valence-corrected chi connectivity index (χ2v) is 6.24. The van der Waals surface area contributed by atoms with Crippen molar-refractivity contribution in [1.29, 1.82) is 0 Å². The van der Waals surface area contributed by atoms with Gasteiger partial charge in [-0.15, -0.1) is 0 Å². The number of nitro groups is 1. The van der Waals surface area contributed by atoms with Crippen molar-refractivity contribution in [2.75, 3.05) is 4.90 Å². The standard InChI is InChI=1S/C20H13N5O5/c26-18-17(19(27)24(20(28)22-18)13-6-8-21-9-7-13)12-15-5-2-10-23(15)14-3-1-4-16(11-14)25(29)30/h1-12H,(H,22,26,28)/b17-12+. The SMILES string of the molecule is O=C1NC(=O)N(c2ccncc2)C(=O)/C1=C/c1cccn1-c1cccc([N+](=O)[O-])c1. The molecule has 0 bridgehead atoms. The molecule has 10 heteroatoms. The van der Waals surface area contributed by atoms with Gasteiger partial charge in [-0.1, -0.05) is 6.07 Å². The van der Waals surface area contributed by atoms with Gasteiger partial charge in [-0.25, -0.2) is 9.69 Å². The number of amides is 4. The number of aromatic nitrogens is 2. The molecule has 0 radical (unpaired) electrons. The summed E-state index contributed by atoms with van der Waals surface area (Å²) in [5.74, 6) is -1.62. The minimum absolute atomic E-state index is 0.0965. The van der Waals surface area contributed by atoms with Crippen LogP contribution in [0.4, 0.5) is 16.2 Å². The molecule has 0 spiro atoms. The van der Waals surface area contributed by atoms with E-state index in [1.165, 1.54) is 48.8 Å². The van der Waals surface area contributed by atoms with E-state index in [2.05, 4.69) is 10.3 Å². The first-order valence-electron chi connectivity index (χ1n) is 8.69. The van der Waals surface area contributed by atoms with Crippen molar-refractivity contribution in [3.63, 3.8) is 0 Å². The lowest BCUT2D eigenvalue weighted by Crippen LogP contribution is -2.54. The summed E-state index contributed by atoms with van der Waals surface area (Å²) in [7, 11) is 0. The lowest BCUT2D eigenvalue weighted by Gasteiger charge is -2.26. The third-order valence-corrected chi connectivity index (χ3v) is 4.41. The maximum atomic E-state index is 12.9. The number of hydrogen-bond donors (Lipinski definition) is 1. The molecule has 1 aliphatic heterocycles. The molecule has 2 aromatic heterocycles. The molecule has 4 amide bonds. The van der Waals surface area contributed by atoms with Gasteiger partial charge in [-0.2, -0.15) is 0 Å². The van der Waals surface area contributed by atoms with E-state index >= 15 is 0 Å². The fourth-order valence-corrected chi connectivity index (χ4v) is 3.04. The molecule has 0 atom stereocenters. The molecule has 1 aliphatic rings. The topological polar surface area (TPSA) is 127 Å². The van der Waals surface area contributed by atoms with Crippen LogP contribution in [-0.4, -0.2) is 32.3 Å². The summed E-state index contributed by atoms with van der Waals surface area (Å²) >= 11 is 0. The maximum absolute atomic E-state index is 12.9. The first-order chi connectivity index (χ1) is 14.5. The van der Waals surface area contributed by atoms with Crippen LogP contribution in [0.15, 0.2) is 72.7 Å². The molecule has 3 heterocycles. The Labute approximate surface area is 169 Å². The van der Waals surface area contributed by atoms with Gasteiger partial charge in [0.1, 0.15) is 5.57 Å².